The number of carbonyl (C=O) groups is 2. The van der Waals surface area contributed by atoms with Gasteiger partial charge in [0.2, 0.25) is 0 Å². The molecule has 0 saturated carbocycles. The number of nitrogens with one attached hydrogen (secondary N) is 2. The molecule has 2 aromatic rings. The molecule has 2 aromatic carbocycles. The van der Waals surface area contributed by atoms with Crippen LogP contribution in [0.5, 0.6) is 5.75 Å². The number of anilines is 1. The van der Waals surface area contributed by atoms with Crippen LogP contribution >= 0.6 is 0 Å². The van der Waals surface area contributed by atoms with E-state index in [1.165, 1.54) is 12.1 Å². The molecule has 2 N–H and O–H groups in total. The Bertz CT molecular complexity index is 782. The lowest BCUT2D eigenvalue weighted by molar-refractivity contribution is -0.133. The van der Waals surface area contributed by atoms with Crippen molar-refractivity contribution >= 4 is 17.6 Å². The maximum absolute atomic E-state index is 13.5. The van der Waals surface area contributed by atoms with E-state index >= 15 is 0 Å². The van der Waals surface area contributed by atoms with Gasteiger partial charge in [0, 0.05) is 25.2 Å². The second kappa shape index (κ2) is 7.65. The average Bonchev–Trinajstić information content (AvgIpc) is 2.77. The molecular formula is C18H18FN3O3. The van der Waals surface area contributed by atoms with Gasteiger partial charge in [-0.1, -0.05) is 30.3 Å². The van der Waals surface area contributed by atoms with Crippen LogP contribution in [-0.4, -0.2) is 36.5 Å². The quantitative estimate of drug-likeness (QED) is 0.895. The number of hydrogen-bond acceptors (Lipinski definition) is 3. The van der Waals surface area contributed by atoms with E-state index < -0.39 is 11.8 Å². The van der Waals surface area contributed by atoms with Gasteiger partial charge in [-0.05, 0) is 18.2 Å². The summed E-state index contributed by atoms with van der Waals surface area (Å²) in [4.78, 5) is 25.6. The molecule has 130 valence electrons. The highest BCUT2D eigenvalue weighted by molar-refractivity contribution is 5.89. The summed E-state index contributed by atoms with van der Waals surface area (Å²) in [6.45, 7) is 0.972. The molecule has 3 amide bonds. The minimum absolute atomic E-state index is 0.0293. The van der Waals surface area contributed by atoms with Crippen molar-refractivity contribution in [2.75, 3.05) is 25.0 Å². The van der Waals surface area contributed by atoms with Gasteiger partial charge in [-0.3, -0.25) is 4.79 Å². The Labute approximate surface area is 144 Å². The van der Waals surface area contributed by atoms with E-state index in [9.17, 15) is 14.0 Å². The molecule has 0 aliphatic carbocycles. The van der Waals surface area contributed by atoms with Crippen molar-refractivity contribution in [3.63, 3.8) is 0 Å². The van der Waals surface area contributed by atoms with Gasteiger partial charge in [-0.2, -0.15) is 0 Å². The Morgan fingerprint density at radius 1 is 1.16 bits per heavy atom. The molecule has 3 rings (SSSR count). The third kappa shape index (κ3) is 4.26. The zero-order valence-corrected chi connectivity index (χ0v) is 13.5. The molecular weight excluding hydrogens is 325 g/mol. The molecule has 1 aliphatic heterocycles. The van der Waals surface area contributed by atoms with Crippen LogP contribution < -0.4 is 15.4 Å². The summed E-state index contributed by atoms with van der Waals surface area (Å²) in [6, 6.07) is 12.9. The Kier molecular flexibility index (Phi) is 5.13. The first kappa shape index (κ1) is 16.8. The number of halogens is 1. The van der Waals surface area contributed by atoms with E-state index in [-0.39, 0.29) is 24.7 Å². The van der Waals surface area contributed by atoms with Crippen LogP contribution in [0.4, 0.5) is 14.9 Å². The van der Waals surface area contributed by atoms with Crippen molar-refractivity contribution in [3.05, 3.63) is 59.9 Å². The third-order valence-corrected chi connectivity index (χ3v) is 3.83. The molecule has 0 radical (unpaired) electrons. The largest absolute Gasteiger partial charge is 0.483 e. The van der Waals surface area contributed by atoms with E-state index in [2.05, 4.69) is 10.6 Å². The molecule has 25 heavy (non-hydrogen) atoms. The molecule has 1 heterocycles. The number of urea groups is 1. The maximum atomic E-state index is 13.5. The van der Waals surface area contributed by atoms with Gasteiger partial charge in [0.05, 0.1) is 5.69 Å². The summed E-state index contributed by atoms with van der Waals surface area (Å²) in [6.07, 6.45) is 0. The number of para-hydroxylation sites is 2. The lowest BCUT2D eigenvalue weighted by Gasteiger charge is -2.20. The van der Waals surface area contributed by atoms with Crippen molar-refractivity contribution < 1.29 is 18.7 Å². The smallest absolute Gasteiger partial charge is 0.319 e. The summed E-state index contributed by atoms with van der Waals surface area (Å²) in [5, 5.41) is 5.05. The Morgan fingerprint density at radius 3 is 2.76 bits per heavy atom. The summed E-state index contributed by atoms with van der Waals surface area (Å²) < 4.78 is 19.0. The zero-order valence-electron chi connectivity index (χ0n) is 13.5. The van der Waals surface area contributed by atoms with Crippen LogP contribution in [-0.2, 0) is 11.3 Å². The van der Waals surface area contributed by atoms with Crippen molar-refractivity contribution in [2.45, 2.75) is 6.54 Å². The highest BCUT2D eigenvalue weighted by atomic mass is 19.1. The van der Waals surface area contributed by atoms with Gasteiger partial charge < -0.3 is 20.3 Å². The monoisotopic (exact) mass is 343 g/mol. The number of ether oxygens (including phenoxy) is 1. The molecule has 0 fully saturated rings. The van der Waals surface area contributed by atoms with Crippen LogP contribution in [0, 0.1) is 5.82 Å². The lowest BCUT2D eigenvalue weighted by Crippen LogP contribution is -2.40. The lowest BCUT2D eigenvalue weighted by atomic mass is 10.2. The number of nitrogens with zero attached hydrogens (tertiary/aromatic N) is 1. The second-order valence-corrected chi connectivity index (χ2v) is 5.57. The maximum Gasteiger partial charge on any atom is 0.319 e. The molecule has 0 saturated heterocycles. The summed E-state index contributed by atoms with van der Waals surface area (Å²) in [5.74, 6) is 0.0465. The molecule has 7 heteroatoms. The Balaban J connectivity index is 1.52. The average molecular weight is 343 g/mol. The van der Waals surface area contributed by atoms with E-state index in [4.69, 9.17) is 4.74 Å². The van der Waals surface area contributed by atoms with Crippen molar-refractivity contribution in [1.82, 2.24) is 10.2 Å². The van der Waals surface area contributed by atoms with E-state index in [0.29, 0.717) is 18.8 Å². The van der Waals surface area contributed by atoms with Crippen LogP contribution in [0.3, 0.4) is 0 Å². The molecule has 0 bridgehead atoms. The van der Waals surface area contributed by atoms with Gasteiger partial charge in [-0.15, -0.1) is 0 Å². The number of rotatable bonds is 4. The molecule has 0 aromatic heterocycles. The van der Waals surface area contributed by atoms with Crippen molar-refractivity contribution in [1.29, 1.82) is 0 Å². The van der Waals surface area contributed by atoms with Gasteiger partial charge in [0.15, 0.2) is 6.61 Å². The summed E-state index contributed by atoms with van der Waals surface area (Å²) in [5.41, 5.74) is 1.03. The summed E-state index contributed by atoms with van der Waals surface area (Å²) >= 11 is 0. The number of amides is 3. The van der Waals surface area contributed by atoms with Crippen LogP contribution in [0.1, 0.15) is 5.56 Å². The number of benzene rings is 2. The first-order valence-corrected chi connectivity index (χ1v) is 7.91. The minimum atomic E-state index is -0.524. The normalized spacial score (nSPS) is 13.5. The fraction of sp³-hybridized carbons (Fsp3) is 0.222. The summed E-state index contributed by atoms with van der Waals surface area (Å²) in [7, 11) is 0. The number of hydrogen-bond donors (Lipinski definition) is 2. The van der Waals surface area contributed by atoms with Gasteiger partial charge in [-0.25, -0.2) is 9.18 Å². The Morgan fingerprint density at radius 2 is 1.92 bits per heavy atom. The van der Waals surface area contributed by atoms with E-state index in [0.717, 1.165) is 5.56 Å². The van der Waals surface area contributed by atoms with Crippen molar-refractivity contribution in [2.24, 2.45) is 0 Å². The minimum Gasteiger partial charge on any atom is -0.483 e. The van der Waals surface area contributed by atoms with E-state index in [1.54, 1.807) is 17.0 Å². The fourth-order valence-corrected chi connectivity index (χ4v) is 2.54. The SMILES string of the molecule is O=C(NCCN1Cc2ccccc2OCC1=O)Nc1ccccc1F. The van der Waals surface area contributed by atoms with Crippen LogP contribution in [0.2, 0.25) is 0 Å². The molecule has 0 atom stereocenters. The predicted octanol–water partition coefficient (Wildman–Crippen LogP) is 2.37. The fourth-order valence-electron chi connectivity index (χ4n) is 2.54. The Hall–Kier alpha value is -3.09. The highest BCUT2D eigenvalue weighted by Gasteiger charge is 2.20. The number of fused-ring (bicyclic) bond motifs is 1. The first-order chi connectivity index (χ1) is 12.1. The zero-order chi connectivity index (χ0) is 17.6. The molecule has 6 nitrogen and oxygen atoms in total. The molecule has 0 unspecified atom stereocenters. The topological polar surface area (TPSA) is 70.7 Å². The van der Waals surface area contributed by atoms with Crippen LogP contribution in [0.15, 0.2) is 48.5 Å². The van der Waals surface area contributed by atoms with Gasteiger partial charge in [0.25, 0.3) is 5.91 Å². The molecule has 0 spiro atoms. The van der Waals surface area contributed by atoms with Gasteiger partial charge in [0.1, 0.15) is 11.6 Å². The molecule has 1 aliphatic rings. The predicted molar refractivity (Wildman–Crippen MR) is 90.8 cm³/mol. The highest BCUT2D eigenvalue weighted by Crippen LogP contribution is 2.22. The van der Waals surface area contributed by atoms with Crippen LogP contribution in [0.25, 0.3) is 0 Å². The third-order valence-electron chi connectivity index (χ3n) is 3.83. The second-order valence-electron chi connectivity index (χ2n) is 5.57. The first-order valence-electron chi connectivity index (χ1n) is 7.91. The van der Waals surface area contributed by atoms with Gasteiger partial charge >= 0.3 is 6.03 Å². The standard InChI is InChI=1S/C18H18FN3O3/c19-14-6-2-3-7-15(14)21-18(24)20-9-10-22-11-13-5-1-4-8-16(13)25-12-17(22)23/h1-8H,9-12H2,(H2,20,21,24). The van der Waals surface area contributed by atoms with E-state index in [1.807, 2.05) is 24.3 Å². The number of carbonyl (C=O) groups excluding carboxylic acids is 2. The van der Waals surface area contributed by atoms with Crippen molar-refractivity contribution in [3.8, 4) is 5.75 Å².